The molecule has 0 radical (unpaired) electrons. The maximum Gasteiger partial charge on any atom is 0.224 e. The lowest BCUT2D eigenvalue weighted by molar-refractivity contribution is -0.116. The van der Waals surface area contributed by atoms with Crippen molar-refractivity contribution < 1.29 is 9.59 Å². The highest BCUT2D eigenvalue weighted by molar-refractivity contribution is 6.00. The van der Waals surface area contributed by atoms with Crippen molar-refractivity contribution in [3.8, 4) is 0 Å². The number of amides is 1. The van der Waals surface area contributed by atoms with E-state index >= 15 is 0 Å². The average molecular weight is 364 g/mol. The Balaban J connectivity index is 1.50. The third kappa shape index (κ3) is 4.97. The molecule has 1 unspecified atom stereocenters. The van der Waals surface area contributed by atoms with Gasteiger partial charge in [-0.1, -0.05) is 19.1 Å². The zero-order valence-electron chi connectivity index (χ0n) is 16.4. The molecule has 1 amide bonds. The number of hydrogen-bond donors (Lipinski definition) is 1. The quantitative estimate of drug-likeness (QED) is 0.753. The standard InChI is InChI=1S/C23H28N2O2/c1-16-12-13-25(15-16)21-8-6-20(7-9-21)24-23(27)11-10-22(26)19-5-4-17(2)18(3)14-19/h4-9,14,16H,10-13,15H2,1-3H3,(H,24,27). The molecule has 0 aromatic heterocycles. The van der Waals surface area contributed by atoms with Gasteiger partial charge in [0.05, 0.1) is 0 Å². The predicted molar refractivity (Wildman–Crippen MR) is 111 cm³/mol. The molecule has 0 saturated carbocycles. The minimum atomic E-state index is -0.130. The van der Waals surface area contributed by atoms with Crippen molar-refractivity contribution in [2.45, 2.75) is 40.0 Å². The van der Waals surface area contributed by atoms with Gasteiger partial charge >= 0.3 is 0 Å². The highest BCUT2D eigenvalue weighted by Gasteiger charge is 2.18. The van der Waals surface area contributed by atoms with Gasteiger partial charge < -0.3 is 10.2 Å². The maximum absolute atomic E-state index is 12.3. The molecule has 0 spiro atoms. The number of anilines is 2. The van der Waals surface area contributed by atoms with E-state index in [1.807, 2.05) is 56.3 Å². The summed E-state index contributed by atoms with van der Waals surface area (Å²) in [6.45, 7) is 8.46. The van der Waals surface area contributed by atoms with Crippen molar-refractivity contribution in [1.29, 1.82) is 0 Å². The van der Waals surface area contributed by atoms with Crippen molar-refractivity contribution in [1.82, 2.24) is 0 Å². The van der Waals surface area contributed by atoms with Crippen molar-refractivity contribution in [2.24, 2.45) is 5.92 Å². The Morgan fingerprint density at radius 1 is 1.04 bits per heavy atom. The first kappa shape index (κ1) is 19.2. The van der Waals surface area contributed by atoms with Gasteiger partial charge in [0.15, 0.2) is 5.78 Å². The number of nitrogens with zero attached hydrogens (tertiary/aromatic N) is 1. The number of ketones is 1. The van der Waals surface area contributed by atoms with Crippen LogP contribution in [0.15, 0.2) is 42.5 Å². The molecule has 1 heterocycles. The number of benzene rings is 2. The van der Waals surface area contributed by atoms with Gasteiger partial charge in [0.1, 0.15) is 0 Å². The van der Waals surface area contributed by atoms with E-state index in [2.05, 4.69) is 17.1 Å². The van der Waals surface area contributed by atoms with E-state index in [0.717, 1.165) is 35.8 Å². The molecule has 1 aliphatic rings. The fourth-order valence-electron chi connectivity index (χ4n) is 3.43. The fourth-order valence-corrected chi connectivity index (χ4v) is 3.43. The van der Waals surface area contributed by atoms with Crippen LogP contribution in [0.2, 0.25) is 0 Å². The zero-order valence-corrected chi connectivity index (χ0v) is 16.4. The maximum atomic E-state index is 12.3. The Morgan fingerprint density at radius 2 is 1.78 bits per heavy atom. The van der Waals surface area contributed by atoms with E-state index in [9.17, 15) is 9.59 Å². The highest BCUT2D eigenvalue weighted by Crippen LogP contribution is 2.24. The van der Waals surface area contributed by atoms with Gasteiger partial charge in [0.25, 0.3) is 0 Å². The Kier molecular flexibility index (Phi) is 5.94. The van der Waals surface area contributed by atoms with Crippen molar-refractivity contribution in [3.05, 3.63) is 59.2 Å². The molecule has 27 heavy (non-hydrogen) atoms. The summed E-state index contributed by atoms with van der Waals surface area (Å²) in [6, 6.07) is 13.6. The Bertz CT molecular complexity index is 827. The normalized spacial score (nSPS) is 16.4. The van der Waals surface area contributed by atoms with Crippen molar-refractivity contribution >= 4 is 23.1 Å². The van der Waals surface area contributed by atoms with E-state index in [1.54, 1.807) is 0 Å². The number of rotatable bonds is 6. The molecule has 0 aliphatic carbocycles. The largest absolute Gasteiger partial charge is 0.371 e. The number of carbonyl (C=O) groups excluding carboxylic acids is 2. The van der Waals surface area contributed by atoms with Crippen LogP contribution in [0.3, 0.4) is 0 Å². The fraction of sp³-hybridized carbons (Fsp3) is 0.391. The summed E-state index contributed by atoms with van der Waals surface area (Å²) in [5.41, 5.74) is 4.90. The van der Waals surface area contributed by atoms with Crippen LogP contribution in [0.25, 0.3) is 0 Å². The molecule has 1 fully saturated rings. The third-order valence-electron chi connectivity index (χ3n) is 5.35. The molecule has 142 valence electrons. The van der Waals surface area contributed by atoms with Crippen LogP contribution in [-0.4, -0.2) is 24.8 Å². The van der Waals surface area contributed by atoms with Crippen LogP contribution in [-0.2, 0) is 4.79 Å². The van der Waals surface area contributed by atoms with Crippen LogP contribution in [0.4, 0.5) is 11.4 Å². The van der Waals surface area contributed by atoms with E-state index < -0.39 is 0 Å². The minimum absolute atomic E-state index is 0.00625. The predicted octanol–water partition coefficient (Wildman–Crippen LogP) is 4.75. The molecule has 1 atom stereocenters. The first-order valence-corrected chi connectivity index (χ1v) is 9.67. The minimum Gasteiger partial charge on any atom is -0.371 e. The summed E-state index contributed by atoms with van der Waals surface area (Å²) in [5.74, 6) is 0.612. The summed E-state index contributed by atoms with van der Waals surface area (Å²) in [6.07, 6.45) is 1.64. The third-order valence-corrected chi connectivity index (χ3v) is 5.35. The lowest BCUT2D eigenvalue weighted by Gasteiger charge is -2.18. The summed E-state index contributed by atoms with van der Waals surface area (Å²) in [4.78, 5) is 26.9. The monoisotopic (exact) mass is 364 g/mol. The number of carbonyl (C=O) groups is 2. The van der Waals surface area contributed by atoms with Crippen LogP contribution in [0, 0.1) is 19.8 Å². The highest BCUT2D eigenvalue weighted by atomic mass is 16.2. The van der Waals surface area contributed by atoms with Crippen LogP contribution < -0.4 is 10.2 Å². The van der Waals surface area contributed by atoms with Gasteiger partial charge in [-0.05, 0) is 67.6 Å². The number of Topliss-reactive ketones (excluding diaryl/α,β-unsaturated/α-hetero) is 1. The molecule has 1 N–H and O–H groups in total. The van der Waals surface area contributed by atoms with E-state index in [0.29, 0.717) is 5.56 Å². The first-order valence-electron chi connectivity index (χ1n) is 9.67. The summed E-state index contributed by atoms with van der Waals surface area (Å²) >= 11 is 0. The first-order chi connectivity index (χ1) is 12.9. The second kappa shape index (κ2) is 8.38. The molecular formula is C23H28N2O2. The second-order valence-corrected chi connectivity index (χ2v) is 7.66. The Hall–Kier alpha value is -2.62. The average Bonchev–Trinajstić information content (AvgIpc) is 3.09. The molecule has 4 heteroatoms. The molecule has 2 aromatic carbocycles. The molecule has 3 rings (SSSR count). The van der Waals surface area contributed by atoms with Crippen LogP contribution in [0.1, 0.15) is 47.7 Å². The molecule has 4 nitrogen and oxygen atoms in total. The van der Waals surface area contributed by atoms with Crippen molar-refractivity contribution in [3.63, 3.8) is 0 Å². The Morgan fingerprint density at radius 3 is 2.41 bits per heavy atom. The number of aryl methyl sites for hydroxylation is 2. The topological polar surface area (TPSA) is 49.4 Å². The smallest absolute Gasteiger partial charge is 0.224 e. The number of nitrogens with one attached hydrogen (secondary N) is 1. The molecule has 1 saturated heterocycles. The lowest BCUT2D eigenvalue weighted by atomic mass is 10.0. The van der Waals surface area contributed by atoms with Crippen molar-refractivity contribution in [2.75, 3.05) is 23.3 Å². The molecule has 0 bridgehead atoms. The van der Waals surface area contributed by atoms with Gasteiger partial charge in [-0.3, -0.25) is 9.59 Å². The van der Waals surface area contributed by atoms with Gasteiger partial charge in [-0.15, -0.1) is 0 Å². The second-order valence-electron chi connectivity index (χ2n) is 7.66. The molecular weight excluding hydrogens is 336 g/mol. The van der Waals surface area contributed by atoms with Crippen LogP contribution >= 0.6 is 0 Å². The van der Waals surface area contributed by atoms with E-state index in [-0.39, 0.29) is 24.5 Å². The van der Waals surface area contributed by atoms with E-state index in [4.69, 9.17) is 0 Å². The summed E-state index contributed by atoms with van der Waals surface area (Å²) in [5, 5.41) is 2.89. The number of hydrogen-bond acceptors (Lipinski definition) is 3. The van der Waals surface area contributed by atoms with Gasteiger partial charge in [0, 0.05) is 42.9 Å². The van der Waals surface area contributed by atoms with Gasteiger partial charge in [-0.25, -0.2) is 0 Å². The SMILES string of the molecule is Cc1ccc(C(=O)CCC(=O)Nc2ccc(N3CCC(C)C3)cc2)cc1C. The lowest BCUT2D eigenvalue weighted by Crippen LogP contribution is -2.19. The van der Waals surface area contributed by atoms with Gasteiger partial charge in [0.2, 0.25) is 5.91 Å². The summed E-state index contributed by atoms with van der Waals surface area (Å²) in [7, 11) is 0. The molecule has 2 aromatic rings. The van der Waals surface area contributed by atoms with Gasteiger partial charge in [-0.2, -0.15) is 0 Å². The zero-order chi connectivity index (χ0) is 19.4. The van der Waals surface area contributed by atoms with E-state index in [1.165, 1.54) is 12.1 Å². The van der Waals surface area contributed by atoms with Crippen LogP contribution in [0.5, 0.6) is 0 Å². The summed E-state index contributed by atoms with van der Waals surface area (Å²) < 4.78 is 0. The Labute approximate surface area is 161 Å². The molecule has 1 aliphatic heterocycles.